The zero-order valence-electron chi connectivity index (χ0n) is 19.8. The third-order valence-corrected chi connectivity index (χ3v) is 5.76. The average Bonchev–Trinajstić information content (AvgIpc) is 3.18. The van der Waals surface area contributed by atoms with Gasteiger partial charge in [-0.3, -0.25) is 9.79 Å². The minimum atomic E-state index is 0. The molecule has 1 atom stereocenters. The molecule has 0 aliphatic carbocycles. The zero-order valence-corrected chi connectivity index (χ0v) is 22.1. The Labute approximate surface area is 215 Å². The van der Waals surface area contributed by atoms with Crippen LogP contribution in [0.5, 0.6) is 0 Å². The number of halogens is 1. The van der Waals surface area contributed by atoms with E-state index in [0.29, 0.717) is 25.5 Å². The SMILES string of the molecule is CCCOCc1ccccc1CNC(=NC)NCC1CC(=O)N(CCc2ccccc2)C1.I. The van der Waals surface area contributed by atoms with Crippen molar-refractivity contribution in [1.82, 2.24) is 15.5 Å². The van der Waals surface area contributed by atoms with Crippen molar-refractivity contribution in [3.05, 3.63) is 71.3 Å². The van der Waals surface area contributed by atoms with Gasteiger partial charge in [-0.05, 0) is 29.5 Å². The number of amides is 1. The summed E-state index contributed by atoms with van der Waals surface area (Å²) in [6.45, 7) is 6.50. The van der Waals surface area contributed by atoms with Crippen molar-refractivity contribution in [3.63, 3.8) is 0 Å². The van der Waals surface area contributed by atoms with E-state index in [1.807, 2.05) is 35.2 Å². The van der Waals surface area contributed by atoms with Crippen LogP contribution in [-0.4, -0.2) is 50.1 Å². The molecule has 0 bridgehead atoms. The molecule has 1 aliphatic heterocycles. The molecule has 7 heteroatoms. The predicted molar refractivity (Wildman–Crippen MR) is 145 cm³/mol. The first-order valence-corrected chi connectivity index (χ1v) is 11.6. The van der Waals surface area contributed by atoms with E-state index in [0.717, 1.165) is 45.0 Å². The van der Waals surface area contributed by atoms with Gasteiger partial charge in [-0.25, -0.2) is 0 Å². The standard InChI is InChI=1S/C26H36N4O2.HI/c1-3-15-32-20-24-12-8-7-11-23(24)18-29-26(27-2)28-17-22-16-25(31)30(19-22)14-13-21-9-5-4-6-10-21;/h4-12,22H,3,13-20H2,1-2H3,(H2,27,28,29);1H. The molecular weight excluding hydrogens is 527 g/mol. The summed E-state index contributed by atoms with van der Waals surface area (Å²) < 4.78 is 5.72. The highest BCUT2D eigenvalue weighted by atomic mass is 127. The number of carbonyl (C=O) groups is 1. The first kappa shape index (κ1) is 27.1. The fraction of sp³-hybridized carbons (Fsp3) is 0.462. The number of hydrogen-bond acceptors (Lipinski definition) is 3. The lowest BCUT2D eigenvalue weighted by atomic mass is 10.1. The van der Waals surface area contributed by atoms with E-state index in [1.54, 1.807) is 7.05 Å². The summed E-state index contributed by atoms with van der Waals surface area (Å²) in [7, 11) is 1.78. The molecule has 0 radical (unpaired) electrons. The third kappa shape index (κ3) is 8.97. The summed E-state index contributed by atoms with van der Waals surface area (Å²) in [5.74, 6) is 1.30. The summed E-state index contributed by atoms with van der Waals surface area (Å²) in [5.41, 5.74) is 3.67. The molecule has 1 unspecified atom stereocenters. The Morgan fingerprint density at radius 1 is 1.09 bits per heavy atom. The predicted octanol–water partition coefficient (Wildman–Crippen LogP) is 3.99. The van der Waals surface area contributed by atoms with Gasteiger partial charge in [0.1, 0.15) is 0 Å². The maximum Gasteiger partial charge on any atom is 0.223 e. The van der Waals surface area contributed by atoms with Crippen molar-refractivity contribution in [3.8, 4) is 0 Å². The van der Waals surface area contributed by atoms with Crippen LogP contribution in [0.1, 0.15) is 36.5 Å². The Morgan fingerprint density at radius 2 is 1.82 bits per heavy atom. The van der Waals surface area contributed by atoms with Gasteiger partial charge in [0.25, 0.3) is 0 Å². The maximum atomic E-state index is 12.4. The van der Waals surface area contributed by atoms with Crippen LogP contribution >= 0.6 is 24.0 Å². The Hall–Kier alpha value is -2.13. The molecule has 1 fully saturated rings. The maximum absolute atomic E-state index is 12.4. The highest BCUT2D eigenvalue weighted by Crippen LogP contribution is 2.17. The lowest BCUT2D eigenvalue weighted by Gasteiger charge is -2.18. The van der Waals surface area contributed by atoms with Gasteiger partial charge in [-0.15, -0.1) is 24.0 Å². The number of benzene rings is 2. The first-order valence-electron chi connectivity index (χ1n) is 11.6. The number of ether oxygens (including phenoxy) is 1. The lowest BCUT2D eigenvalue weighted by molar-refractivity contribution is -0.127. The van der Waals surface area contributed by atoms with Gasteiger partial charge in [0.2, 0.25) is 5.91 Å². The van der Waals surface area contributed by atoms with Crippen molar-refractivity contribution in [2.45, 2.75) is 39.3 Å². The van der Waals surface area contributed by atoms with Gasteiger partial charge >= 0.3 is 0 Å². The summed E-state index contributed by atoms with van der Waals surface area (Å²) in [4.78, 5) is 18.8. The Morgan fingerprint density at radius 3 is 2.55 bits per heavy atom. The number of carbonyl (C=O) groups excluding carboxylic acids is 1. The Bertz CT molecular complexity index is 876. The van der Waals surface area contributed by atoms with Crippen LogP contribution in [0.2, 0.25) is 0 Å². The molecule has 1 amide bonds. The summed E-state index contributed by atoms with van der Waals surface area (Å²) >= 11 is 0. The van der Waals surface area contributed by atoms with Crippen LogP contribution in [0, 0.1) is 5.92 Å². The molecule has 3 rings (SSSR count). The molecular formula is C26H37IN4O2. The van der Waals surface area contributed by atoms with E-state index < -0.39 is 0 Å². The second-order valence-electron chi connectivity index (χ2n) is 8.27. The second-order valence-corrected chi connectivity index (χ2v) is 8.27. The average molecular weight is 565 g/mol. The van der Waals surface area contributed by atoms with Gasteiger partial charge in [-0.2, -0.15) is 0 Å². The van der Waals surface area contributed by atoms with E-state index in [2.05, 4.69) is 46.8 Å². The number of aliphatic imine (C=N–C) groups is 1. The van der Waals surface area contributed by atoms with Gasteiger partial charge in [0, 0.05) is 52.2 Å². The third-order valence-electron chi connectivity index (χ3n) is 5.76. The molecule has 1 heterocycles. The number of likely N-dealkylation sites (tertiary alicyclic amines) is 1. The molecule has 6 nitrogen and oxygen atoms in total. The van der Waals surface area contributed by atoms with E-state index in [9.17, 15) is 4.79 Å². The van der Waals surface area contributed by atoms with Crippen molar-refractivity contribution < 1.29 is 9.53 Å². The monoisotopic (exact) mass is 564 g/mol. The van der Waals surface area contributed by atoms with Crippen LogP contribution in [0.15, 0.2) is 59.6 Å². The largest absolute Gasteiger partial charge is 0.377 e. The fourth-order valence-electron chi connectivity index (χ4n) is 3.95. The first-order chi connectivity index (χ1) is 15.7. The Kier molecular flexibility index (Phi) is 12.2. The van der Waals surface area contributed by atoms with Crippen molar-refractivity contribution >= 4 is 35.8 Å². The van der Waals surface area contributed by atoms with Crippen LogP contribution in [0.3, 0.4) is 0 Å². The van der Waals surface area contributed by atoms with E-state index in [1.165, 1.54) is 16.7 Å². The molecule has 0 aromatic heterocycles. The number of nitrogens with zero attached hydrogens (tertiary/aromatic N) is 2. The van der Waals surface area contributed by atoms with Crippen LogP contribution < -0.4 is 10.6 Å². The van der Waals surface area contributed by atoms with Crippen molar-refractivity contribution in [1.29, 1.82) is 0 Å². The molecule has 0 saturated carbocycles. The van der Waals surface area contributed by atoms with Crippen molar-refractivity contribution in [2.24, 2.45) is 10.9 Å². The normalized spacial score (nSPS) is 15.9. The minimum absolute atomic E-state index is 0. The van der Waals surface area contributed by atoms with Gasteiger partial charge in [0.05, 0.1) is 6.61 Å². The van der Waals surface area contributed by atoms with Crippen LogP contribution in [0.4, 0.5) is 0 Å². The molecule has 1 saturated heterocycles. The molecule has 0 spiro atoms. The molecule has 33 heavy (non-hydrogen) atoms. The molecule has 2 aromatic carbocycles. The Balaban J connectivity index is 0.00000385. The summed E-state index contributed by atoms with van der Waals surface area (Å²) in [5, 5.41) is 6.79. The van der Waals surface area contributed by atoms with E-state index in [-0.39, 0.29) is 29.9 Å². The lowest BCUT2D eigenvalue weighted by Crippen LogP contribution is -2.40. The van der Waals surface area contributed by atoms with Crippen LogP contribution in [-0.2, 0) is 29.1 Å². The molecule has 1 aliphatic rings. The highest BCUT2D eigenvalue weighted by molar-refractivity contribution is 14.0. The fourth-order valence-corrected chi connectivity index (χ4v) is 3.95. The number of guanidine groups is 1. The number of rotatable bonds is 11. The second kappa shape index (κ2) is 14.9. The number of hydrogen-bond donors (Lipinski definition) is 2. The van der Waals surface area contributed by atoms with E-state index >= 15 is 0 Å². The topological polar surface area (TPSA) is 66.0 Å². The quantitative estimate of drug-likeness (QED) is 0.188. The van der Waals surface area contributed by atoms with Crippen LogP contribution in [0.25, 0.3) is 0 Å². The van der Waals surface area contributed by atoms with E-state index in [4.69, 9.17) is 4.74 Å². The van der Waals surface area contributed by atoms with Gasteiger partial charge in [0.15, 0.2) is 5.96 Å². The van der Waals surface area contributed by atoms with Crippen molar-refractivity contribution in [2.75, 3.05) is 33.3 Å². The number of nitrogens with one attached hydrogen (secondary N) is 2. The highest BCUT2D eigenvalue weighted by Gasteiger charge is 2.29. The van der Waals surface area contributed by atoms with Gasteiger partial charge < -0.3 is 20.3 Å². The molecule has 2 aromatic rings. The zero-order chi connectivity index (χ0) is 22.6. The minimum Gasteiger partial charge on any atom is -0.377 e. The summed E-state index contributed by atoms with van der Waals surface area (Å²) in [6, 6.07) is 18.7. The van der Waals surface area contributed by atoms with Gasteiger partial charge in [-0.1, -0.05) is 61.5 Å². The molecule has 180 valence electrons. The summed E-state index contributed by atoms with van der Waals surface area (Å²) in [6.07, 6.45) is 2.51. The molecule has 2 N–H and O–H groups in total. The smallest absolute Gasteiger partial charge is 0.223 e.